The molecule has 0 aromatic carbocycles. The predicted molar refractivity (Wildman–Crippen MR) is 58.2 cm³/mol. The molecule has 2 rings (SSSR count). The molecule has 0 aliphatic rings. The summed E-state index contributed by atoms with van der Waals surface area (Å²) in [6.45, 7) is 4.03. The Hall–Kier alpha value is -2.11. The third-order valence-electron chi connectivity index (χ3n) is 1.98. The van der Waals surface area contributed by atoms with Gasteiger partial charge in [0.25, 0.3) is 5.56 Å². The van der Waals surface area contributed by atoms with Crippen LogP contribution in [0.3, 0.4) is 0 Å². The van der Waals surface area contributed by atoms with Gasteiger partial charge in [-0.1, -0.05) is 5.16 Å². The topological polar surface area (TPSA) is 83.8 Å². The number of hydrogen-bond acceptors (Lipinski definition) is 5. The third kappa shape index (κ3) is 2.47. The van der Waals surface area contributed by atoms with Crippen LogP contribution < -0.4 is 10.9 Å². The normalized spacial score (nSPS) is 10.4. The third-order valence-corrected chi connectivity index (χ3v) is 1.98. The van der Waals surface area contributed by atoms with Crippen molar-refractivity contribution in [3.8, 4) is 0 Å². The van der Waals surface area contributed by atoms with E-state index in [2.05, 4.69) is 20.4 Å². The quantitative estimate of drug-likeness (QED) is 0.805. The van der Waals surface area contributed by atoms with E-state index in [1.54, 1.807) is 6.92 Å². The van der Waals surface area contributed by atoms with Gasteiger partial charge >= 0.3 is 0 Å². The summed E-state index contributed by atoms with van der Waals surface area (Å²) in [6, 6.07) is 3.23. The standard InChI is InChI=1S/C10H12N4O2/c1-6-3-8(16-14-6)5-11-9-4-10(15)13-7(2)12-9/h3-4H,5H2,1-2H3,(H2,11,12,13,15). The van der Waals surface area contributed by atoms with E-state index in [0.29, 0.717) is 23.9 Å². The first-order valence-electron chi connectivity index (χ1n) is 4.87. The maximum absolute atomic E-state index is 11.2. The van der Waals surface area contributed by atoms with Gasteiger partial charge in [-0.15, -0.1) is 0 Å². The summed E-state index contributed by atoms with van der Waals surface area (Å²) >= 11 is 0. The van der Waals surface area contributed by atoms with E-state index >= 15 is 0 Å². The summed E-state index contributed by atoms with van der Waals surface area (Å²) in [5.41, 5.74) is 0.649. The molecule has 0 atom stereocenters. The van der Waals surface area contributed by atoms with E-state index in [4.69, 9.17) is 4.52 Å². The Morgan fingerprint density at radius 1 is 1.44 bits per heavy atom. The van der Waals surface area contributed by atoms with E-state index in [0.717, 1.165) is 5.69 Å². The second-order valence-electron chi connectivity index (χ2n) is 3.50. The summed E-state index contributed by atoms with van der Waals surface area (Å²) in [5, 5.41) is 6.75. The minimum atomic E-state index is -0.177. The Morgan fingerprint density at radius 3 is 2.88 bits per heavy atom. The molecule has 6 nitrogen and oxygen atoms in total. The van der Waals surface area contributed by atoms with Gasteiger partial charge in [0.2, 0.25) is 0 Å². The van der Waals surface area contributed by atoms with E-state index in [-0.39, 0.29) is 5.56 Å². The van der Waals surface area contributed by atoms with Gasteiger partial charge in [0.15, 0.2) is 5.76 Å². The zero-order chi connectivity index (χ0) is 11.5. The maximum Gasteiger partial charge on any atom is 0.252 e. The number of aryl methyl sites for hydroxylation is 2. The molecule has 0 amide bonds. The molecule has 2 aromatic rings. The largest absolute Gasteiger partial charge is 0.362 e. The highest BCUT2D eigenvalue weighted by atomic mass is 16.5. The molecule has 0 aliphatic carbocycles. The van der Waals surface area contributed by atoms with Crippen LogP contribution in [0.4, 0.5) is 5.82 Å². The number of anilines is 1. The fraction of sp³-hybridized carbons (Fsp3) is 0.300. The molecule has 84 valence electrons. The van der Waals surface area contributed by atoms with E-state index in [9.17, 15) is 4.79 Å². The molecular formula is C10H12N4O2. The van der Waals surface area contributed by atoms with E-state index in [1.165, 1.54) is 6.07 Å². The molecule has 0 spiro atoms. The van der Waals surface area contributed by atoms with Gasteiger partial charge < -0.3 is 14.8 Å². The van der Waals surface area contributed by atoms with Crippen molar-refractivity contribution in [2.45, 2.75) is 20.4 Å². The zero-order valence-electron chi connectivity index (χ0n) is 9.07. The molecule has 0 aliphatic heterocycles. The van der Waals surface area contributed by atoms with Crippen molar-refractivity contribution in [3.05, 3.63) is 39.8 Å². The van der Waals surface area contributed by atoms with Gasteiger partial charge in [-0.3, -0.25) is 4.79 Å². The fourth-order valence-electron chi connectivity index (χ4n) is 1.35. The van der Waals surface area contributed by atoms with Crippen molar-refractivity contribution in [1.29, 1.82) is 0 Å². The molecule has 0 fully saturated rings. The van der Waals surface area contributed by atoms with Crippen molar-refractivity contribution in [3.63, 3.8) is 0 Å². The number of nitrogens with one attached hydrogen (secondary N) is 2. The number of aromatic nitrogens is 3. The average molecular weight is 220 g/mol. The average Bonchev–Trinajstić information content (AvgIpc) is 2.60. The van der Waals surface area contributed by atoms with E-state index in [1.807, 2.05) is 13.0 Å². The molecule has 2 N–H and O–H groups in total. The lowest BCUT2D eigenvalue weighted by atomic mass is 10.4. The predicted octanol–water partition coefficient (Wildman–Crippen LogP) is 0.987. The van der Waals surface area contributed by atoms with Crippen LogP contribution in [-0.4, -0.2) is 15.1 Å². The number of aromatic amines is 1. The van der Waals surface area contributed by atoms with Crippen molar-refractivity contribution in [2.24, 2.45) is 0 Å². The van der Waals surface area contributed by atoms with Gasteiger partial charge in [-0.05, 0) is 13.8 Å². The monoisotopic (exact) mass is 220 g/mol. The Bertz CT molecular complexity index is 544. The highest BCUT2D eigenvalue weighted by Gasteiger charge is 2.02. The zero-order valence-corrected chi connectivity index (χ0v) is 9.07. The molecule has 0 radical (unpaired) electrons. The molecular weight excluding hydrogens is 208 g/mol. The smallest absolute Gasteiger partial charge is 0.252 e. The fourth-order valence-corrected chi connectivity index (χ4v) is 1.35. The number of nitrogens with zero attached hydrogens (tertiary/aromatic N) is 2. The summed E-state index contributed by atoms with van der Waals surface area (Å²) in [4.78, 5) is 17.9. The van der Waals surface area contributed by atoms with Crippen LogP contribution in [-0.2, 0) is 6.54 Å². The van der Waals surface area contributed by atoms with Crippen LogP contribution in [0.1, 0.15) is 17.3 Å². The first kappa shape index (κ1) is 10.4. The van der Waals surface area contributed by atoms with Crippen LogP contribution in [0.5, 0.6) is 0 Å². The first-order chi connectivity index (χ1) is 7.63. The second-order valence-corrected chi connectivity index (χ2v) is 3.50. The second kappa shape index (κ2) is 4.18. The van der Waals surface area contributed by atoms with Crippen LogP contribution in [0, 0.1) is 13.8 Å². The van der Waals surface area contributed by atoms with Crippen LogP contribution >= 0.6 is 0 Å². The van der Waals surface area contributed by atoms with Crippen molar-refractivity contribution < 1.29 is 4.52 Å². The maximum atomic E-state index is 11.2. The van der Waals surface area contributed by atoms with Crippen molar-refractivity contribution in [2.75, 3.05) is 5.32 Å². The minimum Gasteiger partial charge on any atom is -0.362 e. The van der Waals surface area contributed by atoms with Crippen LogP contribution in [0.15, 0.2) is 21.5 Å². The van der Waals surface area contributed by atoms with Gasteiger partial charge in [-0.25, -0.2) is 4.98 Å². The number of hydrogen-bond donors (Lipinski definition) is 2. The number of H-pyrrole nitrogens is 1. The highest BCUT2D eigenvalue weighted by Crippen LogP contribution is 2.05. The Morgan fingerprint density at radius 2 is 2.25 bits per heavy atom. The van der Waals surface area contributed by atoms with Gasteiger partial charge in [0, 0.05) is 12.1 Å². The lowest BCUT2D eigenvalue weighted by Crippen LogP contribution is -2.11. The molecule has 0 saturated heterocycles. The Labute approximate surface area is 91.7 Å². The van der Waals surface area contributed by atoms with Crippen molar-refractivity contribution in [1.82, 2.24) is 15.1 Å². The Balaban J connectivity index is 2.07. The van der Waals surface area contributed by atoms with Gasteiger partial charge in [0.1, 0.15) is 11.6 Å². The summed E-state index contributed by atoms with van der Waals surface area (Å²) in [7, 11) is 0. The minimum absolute atomic E-state index is 0.177. The van der Waals surface area contributed by atoms with Gasteiger partial charge in [-0.2, -0.15) is 0 Å². The van der Waals surface area contributed by atoms with Crippen molar-refractivity contribution >= 4 is 5.82 Å². The Kier molecular flexibility index (Phi) is 2.72. The molecule has 0 saturated carbocycles. The van der Waals surface area contributed by atoms with Crippen LogP contribution in [0.25, 0.3) is 0 Å². The highest BCUT2D eigenvalue weighted by molar-refractivity contribution is 5.33. The molecule has 6 heteroatoms. The summed E-state index contributed by atoms with van der Waals surface area (Å²) in [5.74, 6) is 1.80. The SMILES string of the molecule is Cc1cc(CNc2cc(=O)[nH]c(C)n2)on1. The first-order valence-corrected chi connectivity index (χ1v) is 4.87. The summed E-state index contributed by atoms with van der Waals surface area (Å²) in [6.07, 6.45) is 0. The molecule has 0 bridgehead atoms. The van der Waals surface area contributed by atoms with Crippen LogP contribution in [0.2, 0.25) is 0 Å². The molecule has 2 aromatic heterocycles. The summed E-state index contributed by atoms with van der Waals surface area (Å²) < 4.78 is 5.02. The van der Waals surface area contributed by atoms with E-state index < -0.39 is 0 Å². The lowest BCUT2D eigenvalue weighted by Gasteiger charge is -2.02. The van der Waals surface area contributed by atoms with Gasteiger partial charge in [0.05, 0.1) is 12.2 Å². The molecule has 0 unspecified atom stereocenters. The lowest BCUT2D eigenvalue weighted by molar-refractivity contribution is 0.384. The number of rotatable bonds is 3. The molecule has 2 heterocycles. The molecule has 16 heavy (non-hydrogen) atoms.